The number of nitrogens with zero attached hydrogens (tertiary/aromatic N) is 1. The summed E-state index contributed by atoms with van der Waals surface area (Å²) in [5.41, 5.74) is 0.959. The molecule has 2 aromatic rings. The number of carboxylic acid groups (broad SMARTS) is 1. The molecule has 1 heterocycles. The molecule has 92 valence electrons. The van der Waals surface area contributed by atoms with Gasteiger partial charge in [-0.1, -0.05) is 41.9 Å². The lowest BCUT2D eigenvalue weighted by molar-refractivity contribution is 0.0696. The summed E-state index contributed by atoms with van der Waals surface area (Å²) in [5.74, 6) is -0.868. The molecule has 5 heteroatoms. The third-order valence-corrected chi connectivity index (χ3v) is 2.59. The molecule has 0 bridgehead atoms. The number of hydrogen-bond acceptors (Lipinski definition) is 3. The van der Waals surface area contributed by atoms with Crippen molar-refractivity contribution < 1.29 is 14.6 Å². The lowest BCUT2D eigenvalue weighted by Crippen LogP contribution is -2.02. The smallest absolute Gasteiger partial charge is 0.337 e. The van der Waals surface area contributed by atoms with Gasteiger partial charge in [-0.2, -0.15) is 0 Å². The molecule has 0 aliphatic carbocycles. The van der Waals surface area contributed by atoms with E-state index in [4.69, 9.17) is 21.4 Å². The van der Waals surface area contributed by atoms with Gasteiger partial charge in [0, 0.05) is 6.07 Å². The number of halogens is 1. The first-order valence-electron chi connectivity index (χ1n) is 5.22. The Balaban J connectivity index is 2.11. The lowest BCUT2D eigenvalue weighted by atomic mass is 10.2. The number of aromatic nitrogens is 1. The summed E-state index contributed by atoms with van der Waals surface area (Å²) in [4.78, 5) is 14.8. The standard InChI is InChI=1S/C13H10ClNO3/c14-11-7-15-12(6-10(11)13(16)17)18-8-9-4-2-1-3-5-9/h1-7H,8H2,(H,16,17). The van der Waals surface area contributed by atoms with Gasteiger partial charge in [-0.3, -0.25) is 0 Å². The number of hydrogen-bond donors (Lipinski definition) is 1. The molecule has 1 aromatic carbocycles. The number of carboxylic acids is 1. The van der Waals surface area contributed by atoms with Crippen LogP contribution in [0.1, 0.15) is 15.9 Å². The van der Waals surface area contributed by atoms with Crippen molar-refractivity contribution in [3.8, 4) is 5.88 Å². The average molecular weight is 264 g/mol. The molecule has 0 aliphatic rings. The number of rotatable bonds is 4. The molecule has 2 rings (SSSR count). The van der Waals surface area contributed by atoms with Gasteiger partial charge in [0.05, 0.1) is 16.8 Å². The molecule has 18 heavy (non-hydrogen) atoms. The monoisotopic (exact) mass is 263 g/mol. The molecule has 0 unspecified atom stereocenters. The van der Waals surface area contributed by atoms with Crippen molar-refractivity contribution in [1.29, 1.82) is 0 Å². The van der Waals surface area contributed by atoms with Crippen LogP contribution in [0.25, 0.3) is 0 Å². The van der Waals surface area contributed by atoms with Crippen LogP contribution >= 0.6 is 11.6 Å². The maximum Gasteiger partial charge on any atom is 0.337 e. The van der Waals surface area contributed by atoms with Crippen LogP contribution in [0.15, 0.2) is 42.6 Å². The Hall–Kier alpha value is -2.07. The highest BCUT2D eigenvalue weighted by molar-refractivity contribution is 6.33. The van der Waals surface area contributed by atoms with Crippen molar-refractivity contribution >= 4 is 17.6 Å². The van der Waals surface area contributed by atoms with Crippen molar-refractivity contribution in [3.05, 3.63) is 58.7 Å². The maximum atomic E-state index is 10.9. The van der Waals surface area contributed by atoms with E-state index in [1.165, 1.54) is 12.3 Å². The van der Waals surface area contributed by atoms with E-state index >= 15 is 0 Å². The molecular formula is C13H10ClNO3. The summed E-state index contributed by atoms with van der Waals surface area (Å²) >= 11 is 5.71. The molecule has 0 atom stereocenters. The minimum Gasteiger partial charge on any atom is -0.478 e. The van der Waals surface area contributed by atoms with Crippen molar-refractivity contribution in [1.82, 2.24) is 4.98 Å². The SMILES string of the molecule is O=C(O)c1cc(OCc2ccccc2)ncc1Cl. The molecule has 1 N–H and O–H groups in total. The highest BCUT2D eigenvalue weighted by Gasteiger charge is 2.11. The molecule has 0 saturated carbocycles. The van der Waals surface area contributed by atoms with Gasteiger partial charge in [-0.15, -0.1) is 0 Å². The van der Waals surface area contributed by atoms with Crippen molar-refractivity contribution in [2.24, 2.45) is 0 Å². The predicted octanol–water partition coefficient (Wildman–Crippen LogP) is 3.01. The molecular weight excluding hydrogens is 254 g/mol. The number of pyridine rings is 1. The van der Waals surface area contributed by atoms with Gasteiger partial charge in [-0.05, 0) is 5.56 Å². The third kappa shape index (κ3) is 2.99. The van der Waals surface area contributed by atoms with Gasteiger partial charge in [0.1, 0.15) is 6.61 Å². The van der Waals surface area contributed by atoms with Crippen LogP contribution in [-0.2, 0) is 6.61 Å². The summed E-state index contributed by atoms with van der Waals surface area (Å²) < 4.78 is 5.40. The number of aromatic carboxylic acids is 1. The summed E-state index contributed by atoms with van der Waals surface area (Å²) in [5, 5.41) is 9.00. The zero-order chi connectivity index (χ0) is 13.0. The van der Waals surface area contributed by atoms with Crippen LogP contribution in [0.4, 0.5) is 0 Å². The van der Waals surface area contributed by atoms with Gasteiger partial charge in [0.15, 0.2) is 0 Å². The lowest BCUT2D eigenvalue weighted by Gasteiger charge is -2.06. The molecule has 0 aliphatic heterocycles. The highest BCUT2D eigenvalue weighted by Crippen LogP contribution is 2.19. The van der Waals surface area contributed by atoms with Gasteiger partial charge in [0.25, 0.3) is 0 Å². The Kier molecular flexibility index (Phi) is 3.79. The van der Waals surface area contributed by atoms with Gasteiger partial charge < -0.3 is 9.84 Å². The minimum absolute atomic E-state index is 0.0188. The first kappa shape index (κ1) is 12.4. The Morgan fingerprint density at radius 3 is 2.72 bits per heavy atom. The van der Waals surface area contributed by atoms with E-state index in [0.717, 1.165) is 5.56 Å². The molecule has 0 amide bonds. The molecule has 1 aromatic heterocycles. The van der Waals surface area contributed by atoms with Crippen molar-refractivity contribution in [2.45, 2.75) is 6.61 Å². The van der Waals surface area contributed by atoms with E-state index in [0.29, 0.717) is 6.61 Å². The van der Waals surface area contributed by atoms with Crippen molar-refractivity contribution in [3.63, 3.8) is 0 Å². The second kappa shape index (κ2) is 5.51. The first-order chi connectivity index (χ1) is 8.66. The van der Waals surface area contributed by atoms with Crippen LogP contribution < -0.4 is 4.74 Å². The summed E-state index contributed by atoms with van der Waals surface area (Å²) in [7, 11) is 0. The summed E-state index contributed by atoms with van der Waals surface area (Å²) in [6.45, 7) is 0.328. The first-order valence-corrected chi connectivity index (χ1v) is 5.60. The van der Waals surface area contributed by atoms with Crippen LogP contribution in [0.2, 0.25) is 5.02 Å². The molecule has 4 nitrogen and oxygen atoms in total. The number of carbonyl (C=O) groups is 1. The van der Waals surface area contributed by atoms with Crippen LogP contribution in [0.3, 0.4) is 0 Å². The maximum absolute atomic E-state index is 10.9. The largest absolute Gasteiger partial charge is 0.478 e. The molecule has 0 radical (unpaired) electrons. The van der Waals surface area contributed by atoms with E-state index in [2.05, 4.69) is 4.98 Å². The second-order valence-electron chi connectivity index (χ2n) is 3.58. The quantitative estimate of drug-likeness (QED) is 0.921. The van der Waals surface area contributed by atoms with Gasteiger partial charge in [0.2, 0.25) is 5.88 Å². The van der Waals surface area contributed by atoms with Crippen molar-refractivity contribution in [2.75, 3.05) is 0 Å². The van der Waals surface area contributed by atoms with Gasteiger partial charge in [-0.25, -0.2) is 9.78 Å². The van der Waals surface area contributed by atoms with E-state index < -0.39 is 5.97 Å². The van der Waals surface area contributed by atoms with E-state index in [-0.39, 0.29) is 16.5 Å². The Morgan fingerprint density at radius 1 is 1.33 bits per heavy atom. The Bertz CT molecular complexity index is 557. The van der Waals surface area contributed by atoms with E-state index in [9.17, 15) is 4.79 Å². The molecule has 0 fully saturated rings. The highest BCUT2D eigenvalue weighted by atomic mass is 35.5. The van der Waals surface area contributed by atoms with E-state index in [1.807, 2.05) is 30.3 Å². The summed E-state index contributed by atoms with van der Waals surface area (Å²) in [6.07, 6.45) is 1.27. The number of benzene rings is 1. The average Bonchev–Trinajstić information content (AvgIpc) is 2.38. The normalized spacial score (nSPS) is 10.1. The number of ether oxygens (including phenoxy) is 1. The zero-order valence-corrected chi connectivity index (χ0v) is 10.1. The van der Waals surface area contributed by atoms with Crippen LogP contribution in [0, 0.1) is 0 Å². The Labute approximate surface area is 109 Å². The second-order valence-corrected chi connectivity index (χ2v) is 3.99. The van der Waals surface area contributed by atoms with Gasteiger partial charge >= 0.3 is 5.97 Å². The zero-order valence-electron chi connectivity index (χ0n) is 9.34. The fraction of sp³-hybridized carbons (Fsp3) is 0.0769. The predicted molar refractivity (Wildman–Crippen MR) is 67.0 cm³/mol. The van der Waals surface area contributed by atoms with Crippen LogP contribution in [0.5, 0.6) is 5.88 Å². The molecule has 0 saturated heterocycles. The fourth-order valence-corrected chi connectivity index (χ4v) is 1.58. The fourth-order valence-electron chi connectivity index (χ4n) is 1.39. The summed E-state index contributed by atoms with van der Waals surface area (Å²) in [6, 6.07) is 10.8. The Morgan fingerprint density at radius 2 is 2.06 bits per heavy atom. The van der Waals surface area contributed by atoms with E-state index in [1.54, 1.807) is 0 Å². The molecule has 0 spiro atoms. The topological polar surface area (TPSA) is 59.4 Å². The minimum atomic E-state index is -1.10. The third-order valence-electron chi connectivity index (χ3n) is 2.29. The van der Waals surface area contributed by atoms with Crippen LogP contribution in [-0.4, -0.2) is 16.1 Å².